The van der Waals surface area contributed by atoms with Gasteiger partial charge in [-0.05, 0) is 18.1 Å². The predicted molar refractivity (Wildman–Crippen MR) is 77.2 cm³/mol. The van der Waals surface area contributed by atoms with Crippen molar-refractivity contribution in [2.75, 3.05) is 12.4 Å². The standard InChI is InChI=1S/C14H16N2O2S/c1-3-6-10-7-4-5-8-11(10)16-14-15-9-12(19-14)13(17)18-2/h4-5,7-9H,3,6H2,1-2H3,(H,15,16). The van der Waals surface area contributed by atoms with Gasteiger partial charge in [0, 0.05) is 5.69 Å². The van der Waals surface area contributed by atoms with E-state index in [4.69, 9.17) is 0 Å². The Morgan fingerprint density at radius 3 is 2.95 bits per heavy atom. The minimum atomic E-state index is -0.354. The van der Waals surface area contributed by atoms with Crippen LogP contribution >= 0.6 is 11.3 Å². The second-order valence-electron chi connectivity index (χ2n) is 4.05. The van der Waals surface area contributed by atoms with Crippen LogP contribution in [0.3, 0.4) is 0 Å². The quantitative estimate of drug-likeness (QED) is 0.847. The summed E-state index contributed by atoms with van der Waals surface area (Å²) in [5, 5.41) is 3.95. The van der Waals surface area contributed by atoms with E-state index in [-0.39, 0.29) is 5.97 Å². The summed E-state index contributed by atoms with van der Waals surface area (Å²) >= 11 is 1.29. The highest BCUT2D eigenvalue weighted by Gasteiger charge is 2.11. The number of aryl methyl sites for hydroxylation is 1. The average molecular weight is 276 g/mol. The van der Waals surface area contributed by atoms with Crippen molar-refractivity contribution < 1.29 is 9.53 Å². The Bertz CT molecular complexity index is 566. The molecule has 0 aliphatic heterocycles. The molecule has 0 bridgehead atoms. The minimum absolute atomic E-state index is 0.354. The third kappa shape index (κ3) is 3.32. The first-order valence-corrected chi connectivity index (χ1v) is 6.95. The van der Waals surface area contributed by atoms with Crippen molar-refractivity contribution in [3.8, 4) is 0 Å². The Labute approximate surface area is 116 Å². The Morgan fingerprint density at radius 1 is 1.42 bits per heavy atom. The number of methoxy groups -OCH3 is 1. The van der Waals surface area contributed by atoms with Crippen LogP contribution in [0.4, 0.5) is 10.8 Å². The van der Waals surface area contributed by atoms with Crippen LogP contribution in [0.25, 0.3) is 0 Å². The van der Waals surface area contributed by atoms with E-state index in [9.17, 15) is 4.79 Å². The van der Waals surface area contributed by atoms with E-state index in [1.807, 2.05) is 18.2 Å². The second kappa shape index (κ2) is 6.33. The molecule has 0 atom stereocenters. The molecular formula is C14H16N2O2S. The number of para-hydroxylation sites is 1. The first kappa shape index (κ1) is 13.5. The van der Waals surface area contributed by atoms with Crippen molar-refractivity contribution in [3.05, 3.63) is 40.9 Å². The van der Waals surface area contributed by atoms with Gasteiger partial charge in [-0.25, -0.2) is 9.78 Å². The lowest BCUT2D eigenvalue weighted by molar-refractivity contribution is 0.0606. The largest absolute Gasteiger partial charge is 0.465 e. The highest BCUT2D eigenvalue weighted by Crippen LogP contribution is 2.25. The molecule has 0 amide bonds. The van der Waals surface area contributed by atoms with Crippen molar-refractivity contribution in [1.82, 2.24) is 4.98 Å². The van der Waals surface area contributed by atoms with Crippen LogP contribution in [-0.4, -0.2) is 18.1 Å². The molecule has 1 aromatic heterocycles. The summed E-state index contributed by atoms with van der Waals surface area (Å²) in [5.41, 5.74) is 2.29. The molecule has 0 fully saturated rings. The second-order valence-corrected chi connectivity index (χ2v) is 5.08. The molecule has 0 aliphatic carbocycles. The topological polar surface area (TPSA) is 51.2 Å². The lowest BCUT2D eigenvalue weighted by atomic mass is 10.1. The first-order valence-electron chi connectivity index (χ1n) is 6.13. The Hall–Kier alpha value is -1.88. The fourth-order valence-electron chi connectivity index (χ4n) is 1.77. The van der Waals surface area contributed by atoms with Gasteiger partial charge in [-0.3, -0.25) is 0 Å². The van der Waals surface area contributed by atoms with Crippen LogP contribution in [0.15, 0.2) is 30.5 Å². The smallest absolute Gasteiger partial charge is 0.349 e. The van der Waals surface area contributed by atoms with E-state index < -0.39 is 0 Å². The molecule has 0 spiro atoms. The first-order chi connectivity index (χ1) is 9.24. The van der Waals surface area contributed by atoms with Crippen LogP contribution in [-0.2, 0) is 11.2 Å². The van der Waals surface area contributed by atoms with E-state index in [0.29, 0.717) is 10.0 Å². The van der Waals surface area contributed by atoms with Gasteiger partial charge in [0.1, 0.15) is 4.88 Å². The summed E-state index contributed by atoms with van der Waals surface area (Å²) in [6.07, 6.45) is 3.63. The molecule has 1 heterocycles. The SMILES string of the molecule is CCCc1ccccc1Nc1ncc(C(=O)OC)s1. The number of anilines is 2. The summed E-state index contributed by atoms with van der Waals surface area (Å²) in [6.45, 7) is 2.15. The van der Waals surface area contributed by atoms with Gasteiger partial charge in [0.2, 0.25) is 0 Å². The summed E-state index contributed by atoms with van der Waals surface area (Å²) in [7, 11) is 1.37. The van der Waals surface area contributed by atoms with Gasteiger partial charge in [0.15, 0.2) is 5.13 Å². The minimum Gasteiger partial charge on any atom is -0.465 e. The molecule has 2 rings (SSSR count). The zero-order chi connectivity index (χ0) is 13.7. The van der Waals surface area contributed by atoms with Gasteiger partial charge < -0.3 is 10.1 Å². The van der Waals surface area contributed by atoms with Gasteiger partial charge in [-0.1, -0.05) is 42.9 Å². The maximum Gasteiger partial charge on any atom is 0.349 e. The lowest BCUT2D eigenvalue weighted by Crippen LogP contribution is -1.97. The molecule has 0 unspecified atom stereocenters. The van der Waals surface area contributed by atoms with Crippen molar-refractivity contribution >= 4 is 28.1 Å². The maximum atomic E-state index is 11.4. The highest BCUT2D eigenvalue weighted by atomic mass is 32.1. The fourth-order valence-corrected chi connectivity index (χ4v) is 2.52. The number of rotatable bonds is 5. The summed E-state index contributed by atoms with van der Waals surface area (Å²) in [4.78, 5) is 16.1. The van der Waals surface area contributed by atoms with Crippen LogP contribution in [0.1, 0.15) is 28.6 Å². The molecule has 100 valence electrons. The lowest BCUT2D eigenvalue weighted by Gasteiger charge is -2.08. The third-order valence-electron chi connectivity index (χ3n) is 2.67. The Balaban J connectivity index is 2.17. The Morgan fingerprint density at radius 2 is 2.21 bits per heavy atom. The van der Waals surface area contributed by atoms with Crippen molar-refractivity contribution in [2.24, 2.45) is 0 Å². The molecular weight excluding hydrogens is 260 g/mol. The molecule has 5 heteroatoms. The average Bonchev–Trinajstić information content (AvgIpc) is 2.89. The number of thiazole rings is 1. The number of nitrogens with one attached hydrogen (secondary N) is 1. The van der Waals surface area contributed by atoms with Gasteiger partial charge in [0.25, 0.3) is 0 Å². The number of nitrogens with zero attached hydrogens (tertiary/aromatic N) is 1. The number of hydrogen-bond donors (Lipinski definition) is 1. The van der Waals surface area contributed by atoms with Crippen LogP contribution in [0, 0.1) is 0 Å². The van der Waals surface area contributed by atoms with Crippen LogP contribution in [0.2, 0.25) is 0 Å². The Kier molecular flexibility index (Phi) is 4.52. The number of hydrogen-bond acceptors (Lipinski definition) is 5. The summed E-state index contributed by atoms with van der Waals surface area (Å²) in [5.74, 6) is -0.354. The van der Waals surface area contributed by atoms with Gasteiger partial charge >= 0.3 is 5.97 Å². The molecule has 1 N–H and O–H groups in total. The molecule has 0 aliphatic rings. The van der Waals surface area contributed by atoms with E-state index in [1.165, 1.54) is 30.2 Å². The molecule has 1 aromatic carbocycles. The van der Waals surface area contributed by atoms with Gasteiger partial charge in [-0.2, -0.15) is 0 Å². The maximum absolute atomic E-state index is 11.4. The number of benzene rings is 1. The fraction of sp³-hybridized carbons (Fsp3) is 0.286. The number of carbonyl (C=O) groups is 1. The highest BCUT2D eigenvalue weighted by molar-refractivity contribution is 7.17. The molecule has 0 saturated heterocycles. The monoisotopic (exact) mass is 276 g/mol. The van der Waals surface area contributed by atoms with Crippen molar-refractivity contribution in [2.45, 2.75) is 19.8 Å². The van der Waals surface area contributed by atoms with E-state index in [0.717, 1.165) is 18.5 Å². The van der Waals surface area contributed by atoms with Crippen LogP contribution < -0.4 is 5.32 Å². The predicted octanol–water partition coefficient (Wildman–Crippen LogP) is 3.63. The number of carbonyl (C=O) groups excluding carboxylic acids is 1. The molecule has 0 saturated carbocycles. The number of ether oxygens (including phenoxy) is 1. The zero-order valence-electron chi connectivity index (χ0n) is 11.0. The molecule has 4 nitrogen and oxygen atoms in total. The molecule has 19 heavy (non-hydrogen) atoms. The van der Waals surface area contributed by atoms with Gasteiger partial charge in [-0.15, -0.1) is 0 Å². The zero-order valence-corrected chi connectivity index (χ0v) is 11.8. The van der Waals surface area contributed by atoms with Crippen molar-refractivity contribution in [1.29, 1.82) is 0 Å². The van der Waals surface area contributed by atoms with Crippen LogP contribution in [0.5, 0.6) is 0 Å². The molecule has 0 radical (unpaired) electrons. The number of esters is 1. The molecule has 2 aromatic rings. The van der Waals surface area contributed by atoms with E-state index in [2.05, 4.69) is 28.0 Å². The normalized spacial score (nSPS) is 10.2. The van der Waals surface area contributed by atoms with Gasteiger partial charge in [0.05, 0.1) is 13.3 Å². The van der Waals surface area contributed by atoms with Crippen molar-refractivity contribution in [3.63, 3.8) is 0 Å². The summed E-state index contributed by atoms with van der Waals surface area (Å²) in [6, 6.07) is 8.12. The number of aromatic nitrogens is 1. The van der Waals surface area contributed by atoms with E-state index in [1.54, 1.807) is 0 Å². The third-order valence-corrected chi connectivity index (χ3v) is 3.56. The van der Waals surface area contributed by atoms with E-state index >= 15 is 0 Å². The summed E-state index contributed by atoms with van der Waals surface area (Å²) < 4.78 is 4.67.